The Bertz CT molecular complexity index is 811. The second kappa shape index (κ2) is 13.7. The molecule has 0 saturated carbocycles. The Balaban J connectivity index is 2.93. The van der Waals surface area contributed by atoms with E-state index in [2.05, 4.69) is 25.9 Å². The van der Waals surface area contributed by atoms with Gasteiger partial charge in [0.2, 0.25) is 17.7 Å². The Morgan fingerprint density at radius 1 is 1.00 bits per heavy atom. The fraction of sp³-hybridized carbons (Fsp3) is 0.696. The van der Waals surface area contributed by atoms with E-state index in [1.807, 2.05) is 20.8 Å². The molecule has 1 heterocycles. The minimum Gasteiger partial charge on any atom is -0.480 e. The molecule has 0 aliphatic carbocycles. The van der Waals surface area contributed by atoms with Crippen molar-refractivity contribution in [1.29, 1.82) is 0 Å². The normalized spacial score (nSPS) is 15.8. The van der Waals surface area contributed by atoms with Crippen molar-refractivity contribution in [3.05, 3.63) is 18.2 Å². The molecule has 1 aromatic rings. The summed E-state index contributed by atoms with van der Waals surface area (Å²) < 4.78 is 0. The van der Waals surface area contributed by atoms with Gasteiger partial charge in [0, 0.05) is 18.3 Å². The molecular formula is C23H40N6O5. The van der Waals surface area contributed by atoms with Crippen LogP contribution < -0.4 is 21.7 Å². The summed E-state index contributed by atoms with van der Waals surface area (Å²) in [7, 11) is 0. The van der Waals surface area contributed by atoms with E-state index in [0.29, 0.717) is 12.1 Å². The molecule has 34 heavy (non-hydrogen) atoms. The summed E-state index contributed by atoms with van der Waals surface area (Å²) in [5, 5.41) is 17.4. The third-order valence-corrected chi connectivity index (χ3v) is 5.69. The highest BCUT2D eigenvalue weighted by atomic mass is 16.4. The van der Waals surface area contributed by atoms with Gasteiger partial charge in [-0.15, -0.1) is 0 Å². The lowest BCUT2D eigenvalue weighted by molar-refractivity contribution is -0.143. The zero-order chi connectivity index (χ0) is 26.0. The fourth-order valence-corrected chi connectivity index (χ4v) is 3.42. The Kier molecular flexibility index (Phi) is 11.7. The third kappa shape index (κ3) is 9.12. The van der Waals surface area contributed by atoms with Crippen molar-refractivity contribution in [2.24, 2.45) is 23.5 Å². The molecule has 0 aliphatic heterocycles. The van der Waals surface area contributed by atoms with Crippen LogP contribution in [0.25, 0.3) is 0 Å². The summed E-state index contributed by atoms with van der Waals surface area (Å²) in [6.07, 6.45) is 4.12. The van der Waals surface area contributed by atoms with Crippen LogP contribution in [0.15, 0.2) is 12.5 Å². The van der Waals surface area contributed by atoms with Crippen LogP contribution in [-0.2, 0) is 25.6 Å². The van der Waals surface area contributed by atoms with E-state index < -0.39 is 47.9 Å². The van der Waals surface area contributed by atoms with E-state index in [9.17, 15) is 24.3 Å². The second-order valence-electron chi connectivity index (χ2n) is 9.52. The zero-order valence-corrected chi connectivity index (χ0v) is 20.9. The summed E-state index contributed by atoms with van der Waals surface area (Å²) in [6.45, 7) is 10.9. The molecular weight excluding hydrogens is 440 g/mol. The fourth-order valence-electron chi connectivity index (χ4n) is 3.42. The molecule has 5 atom stereocenters. The maximum absolute atomic E-state index is 13.1. The predicted octanol–water partition coefficient (Wildman–Crippen LogP) is 0.567. The van der Waals surface area contributed by atoms with Gasteiger partial charge in [-0.2, -0.15) is 0 Å². The van der Waals surface area contributed by atoms with Crippen LogP contribution in [0.3, 0.4) is 0 Å². The van der Waals surface area contributed by atoms with Gasteiger partial charge in [0.15, 0.2) is 0 Å². The van der Waals surface area contributed by atoms with Gasteiger partial charge in [0.25, 0.3) is 0 Å². The number of carboxylic acids is 1. The lowest BCUT2D eigenvalue weighted by Crippen LogP contribution is -2.60. The molecule has 0 radical (unpaired) electrons. The van der Waals surface area contributed by atoms with Crippen LogP contribution >= 0.6 is 0 Å². The molecule has 192 valence electrons. The van der Waals surface area contributed by atoms with Gasteiger partial charge in [-0.1, -0.05) is 48.0 Å². The number of nitrogens with two attached hydrogens (primary N) is 1. The SMILES string of the molecule is CCC(C)C(NC(=O)C(NC(=O)C(N)Cc1cnc[nH]1)C(C)C)C(=O)NC(CC(C)C)C(=O)O. The first-order valence-corrected chi connectivity index (χ1v) is 11.7. The molecule has 7 N–H and O–H groups in total. The average Bonchev–Trinajstić information content (AvgIpc) is 3.26. The maximum Gasteiger partial charge on any atom is 0.326 e. The van der Waals surface area contributed by atoms with E-state index in [4.69, 9.17) is 5.73 Å². The first kappa shape index (κ1) is 29.1. The van der Waals surface area contributed by atoms with Gasteiger partial charge in [0.1, 0.15) is 18.1 Å². The van der Waals surface area contributed by atoms with Gasteiger partial charge in [-0.3, -0.25) is 14.4 Å². The number of hydrogen-bond acceptors (Lipinski definition) is 6. The van der Waals surface area contributed by atoms with E-state index in [1.165, 1.54) is 6.33 Å². The van der Waals surface area contributed by atoms with E-state index in [0.717, 1.165) is 0 Å². The number of carbonyl (C=O) groups is 4. The molecule has 0 fully saturated rings. The Morgan fingerprint density at radius 2 is 1.59 bits per heavy atom. The number of rotatable bonds is 14. The number of imidazole rings is 1. The highest BCUT2D eigenvalue weighted by Gasteiger charge is 2.34. The standard InChI is InChI=1S/C23H40N6O5/c1-7-14(6)19(22(32)27-17(23(33)34)8-12(2)3)29-21(31)18(13(4)5)28-20(30)16(24)9-15-10-25-11-26-15/h10-14,16-19H,7-9,24H2,1-6H3,(H,25,26)(H,27,32)(H,28,30)(H,29,31)(H,33,34). The van der Waals surface area contributed by atoms with E-state index in [-0.39, 0.29) is 30.6 Å². The predicted molar refractivity (Wildman–Crippen MR) is 127 cm³/mol. The lowest BCUT2D eigenvalue weighted by atomic mass is 9.95. The molecule has 0 aliphatic rings. The van der Waals surface area contributed by atoms with Crippen LogP contribution in [0.5, 0.6) is 0 Å². The minimum absolute atomic E-state index is 0.0598. The number of carbonyl (C=O) groups excluding carboxylic acids is 3. The molecule has 11 nitrogen and oxygen atoms in total. The van der Waals surface area contributed by atoms with E-state index >= 15 is 0 Å². The number of amides is 3. The molecule has 11 heteroatoms. The van der Waals surface area contributed by atoms with Crippen molar-refractivity contribution in [3.63, 3.8) is 0 Å². The number of aromatic amines is 1. The Labute approximate surface area is 201 Å². The number of nitrogens with one attached hydrogen (secondary N) is 4. The number of aliphatic carboxylic acids is 1. The quantitative estimate of drug-likeness (QED) is 0.225. The van der Waals surface area contributed by atoms with Crippen LogP contribution in [0, 0.1) is 17.8 Å². The first-order valence-electron chi connectivity index (χ1n) is 11.7. The molecule has 3 amide bonds. The monoisotopic (exact) mass is 480 g/mol. The Hall–Kier alpha value is -2.95. The summed E-state index contributed by atoms with van der Waals surface area (Å²) in [6, 6.07) is -3.83. The molecule has 5 unspecified atom stereocenters. The molecule has 0 spiro atoms. The van der Waals surface area contributed by atoms with Crippen molar-refractivity contribution in [2.75, 3.05) is 0 Å². The summed E-state index contributed by atoms with van der Waals surface area (Å²) >= 11 is 0. The molecule has 1 rings (SSSR count). The second-order valence-corrected chi connectivity index (χ2v) is 9.52. The number of nitrogens with zero attached hydrogens (tertiary/aromatic N) is 1. The molecule has 0 bridgehead atoms. The van der Waals surface area contributed by atoms with Crippen LogP contribution in [-0.4, -0.2) is 62.9 Å². The Morgan fingerprint density at radius 3 is 2.06 bits per heavy atom. The summed E-state index contributed by atoms with van der Waals surface area (Å²) in [5.74, 6) is -3.22. The number of aromatic nitrogens is 2. The van der Waals surface area contributed by atoms with Gasteiger partial charge >= 0.3 is 5.97 Å². The van der Waals surface area contributed by atoms with Gasteiger partial charge in [-0.05, 0) is 24.2 Å². The first-order chi connectivity index (χ1) is 15.9. The van der Waals surface area contributed by atoms with Crippen LogP contribution in [0.1, 0.15) is 60.1 Å². The molecule has 0 saturated heterocycles. The highest BCUT2D eigenvalue weighted by Crippen LogP contribution is 2.12. The molecule has 1 aromatic heterocycles. The van der Waals surface area contributed by atoms with E-state index in [1.54, 1.807) is 27.0 Å². The topological polar surface area (TPSA) is 179 Å². The van der Waals surface area contributed by atoms with Gasteiger partial charge < -0.3 is 31.8 Å². The third-order valence-electron chi connectivity index (χ3n) is 5.69. The van der Waals surface area contributed by atoms with Gasteiger partial charge in [-0.25, -0.2) is 9.78 Å². The zero-order valence-electron chi connectivity index (χ0n) is 20.9. The number of H-pyrrole nitrogens is 1. The van der Waals surface area contributed by atoms with Crippen molar-refractivity contribution >= 4 is 23.7 Å². The highest BCUT2D eigenvalue weighted by molar-refractivity contribution is 5.94. The van der Waals surface area contributed by atoms with Crippen LogP contribution in [0.2, 0.25) is 0 Å². The van der Waals surface area contributed by atoms with Crippen molar-refractivity contribution in [1.82, 2.24) is 25.9 Å². The largest absolute Gasteiger partial charge is 0.480 e. The average molecular weight is 481 g/mol. The van der Waals surface area contributed by atoms with Gasteiger partial charge in [0.05, 0.1) is 12.4 Å². The molecule has 0 aromatic carbocycles. The maximum atomic E-state index is 13.1. The minimum atomic E-state index is -1.13. The number of carboxylic acid groups (broad SMARTS) is 1. The summed E-state index contributed by atoms with van der Waals surface area (Å²) in [4.78, 5) is 57.1. The number of hydrogen-bond donors (Lipinski definition) is 6. The van der Waals surface area contributed by atoms with Crippen molar-refractivity contribution in [3.8, 4) is 0 Å². The van der Waals surface area contributed by atoms with Crippen molar-refractivity contribution < 1.29 is 24.3 Å². The smallest absolute Gasteiger partial charge is 0.326 e. The van der Waals surface area contributed by atoms with Crippen molar-refractivity contribution in [2.45, 2.75) is 85.0 Å². The lowest BCUT2D eigenvalue weighted by Gasteiger charge is -2.29. The van der Waals surface area contributed by atoms with Crippen LogP contribution in [0.4, 0.5) is 0 Å². The summed E-state index contributed by atoms with van der Waals surface area (Å²) in [5.41, 5.74) is 6.68.